The van der Waals surface area contributed by atoms with Crippen LogP contribution >= 0.6 is 0 Å². The van der Waals surface area contributed by atoms with Gasteiger partial charge in [-0.25, -0.2) is 4.39 Å². The molecule has 118 valence electrons. The van der Waals surface area contributed by atoms with Crippen molar-refractivity contribution < 1.29 is 14.6 Å². The van der Waals surface area contributed by atoms with E-state index in [1.807, 2.05) is 24.3 Å². The number of hydrogen-bond acceptors (Lipinski definition) is 3. The fourth-order valence-corrected chi connectivity index (χ4v) is 3.13. The molecule has 0 aliphatic heterocycles. The van der Waals surface area contributed by atoms with Crippen molar-refractivity contribution in [2.45, 2.75) is 62.8 Å². The second kappa shape index (κ2) is 7.34. The smallest absolute Gasteiger partial charge is 0.133 e. The van der Waals surface area contributed by atoms with E-state index in [9.17, 15) is 14.6 Å². The van der Waals surface area contributed by atoms with Gasteiger partial charge in [-0.2, -0.15) is 0 Å². The Hall–Kier alpha value is -0.970. The summed E-state index contributed by atoms with van der Waals surface area (Å²) < 4.78 is 14.5. The van der Waals surface area contributed by atoms with Crippen LogP contribution in [0.5, 0.6) is 0 Å². The van der Waals surface area contributed by atoms with Crippen molar-refractivity contribution in [2.75, 3.05) is 6.54 Å². The van der Waals surface area contributed by atoms with Gasteiger partial charge in [0, 0.05) is 6.42 Å². The minimum absolute atomic E-state index is 0.194. The van der Waals surface area contributed by atoms with Gasteiger partial charge in [0.25, 0.3) is 0 Å². The molecule has 1 aromatic rings. The fraction of sp³-hybridized carbons (Fsp3) is 0.647. The van der Waals surface area contributed by atoms with Crippen LogP contribution in [0.2, 0.25) is 0 Å². The highest BCUT2D eigenvalue weighted by Gasteiger charge is 2.38. The van der Waals surface area contributed by atoms with Crippen LogP contribution in [0.25, 0.3) is 0 Å². The van der Waals surface area contributed by atoms with Gasteiger partial charge in [0.15, 0.2) is 0 Å². The van der Waals surface area contributed by atoms with Crippen molar-refractivity contribution in [3.05, 3.63) is 35.4 Å². The quantitative estimate of drug-likeness (QED) is 0.756. The first kappa shape index (κ1) is 16.4. The van der Waals surface area contributed by atoms with Crippen molar-refractivity contribution in [3.8, 4) is 0 Å². The summed E-state index contributed by atoms with van der Waals surface area (Å²) in [4.78, 5) is 0. The third-order valence-electron chi connectivity index (χ3n) is 4.49. The molecule has 0 bridgehead atoms. The Kier molecular flexibility index (Phi) is 5.73. The first-order valence-corrected chi connectivity index (χ1v) is 7.88. The third-order valence-corrected chi connectivity index (χ3v) is 4.49. The van der Waals surface area contributed by atoms with Gasteiger partial charge in [-0.15, -0.1) is 0 Å². The predicted octanol–water partition coefficient (Wildman–Crippen LogP) is 2.64. The molecule has 1 aliphatic rings. The number of nitrogens with two attached hydrogens (primary N) is 1. The predicted molar refractivity (Wildman–Crippen MR) is 81.7 cm³/mol. The van der Waals surface area contributed by atoms with Gasteiger partial charge in [0.2, 0.25) is 0 Å². The standard InChI is InChI=1S/C17H26FNO2/c18-16(17(21)8-2-1-3-9-17)12-13-5-4-6-14(11-13)15(20)7-10-19/h4-6,11,15-16,20-21H,1-3,7-10,12,19H2/t15-,16?/m0/s1. The summed E-state index contributed by atoms with van der Waals surface area (Å²) in [6.07, 6.45) is 2.79. The highest BCUT2D eigenvalue weighted by Crippen LogP contribution is 2.34. The van der Waals surface area contributed by atoms with Crippen LogP contribution < -0.4 is 5.73 Å². The van der Waals surface area contributed by atoms with Gasteiger partial charge in [0.1, 0.15) is 6.17 Å². The maximum Gasteiger partial charge on any atom is 0.133 e. The van der Waals surface area contributed by atoms with Crippen molar-refractivity contribution in [3.63, 3.8) is 0 Å². The zero-order valence-corrected chi connectivity index (χ0v) is 12.5. The van der Waals surface area contributed by atoms with Gasteiger partial charge in [-0.05, 0) is 36.9 Å². The summed E-state index contributed by atoms with van der Waals surface area (Å²) in [5.41, 5.74) is 5.85. The van der Waals surface area contributed by atoms with E-state index in [1.165, 1.54) is 0 Å². The van der Waals surface area contributed by atoms with Crippen LogP contribution in [0.15, 0.2) is 24.3 Å². The van der Waals surface area contributed by atoms with E-state index in [2.05, 4.69) is 0 Å². The average Bonchev–Trinajstić information content (AvgIpc) is 2.48. The van der Waals surface area contributed by atoms with Crippen molar-refractivity contribution >= 4 is 0 Å². The van der Waals surface area contributed by atoms with Gasteiger partial charge in [-0.3, -0.25) is 0 Å². The second-order valence-electron chi connectivity index (χ2n) is 6.17. The molecule has 4 N–H and O–H groups in total. The van der Waals surface area contributed by atoms with Crippen LogP contribution in [0.1, 0.15) is 55.8 Å². The van der Waals surface area contributed by atoms with E-state index < -0.39 is 17.9 Å². The first-order chi connectivity index (χ1) is 10.0. The van der Waals surface area contributed by atoms with E-state index in [4.69, 9.17) is 5.73 Å². The monoisotopic (exact) mass is 295 g/mol. The third kappa shape index (κ3) is 4.25. The molecule has 2 rings (SSSR count). The van der Waals surface area contributed by atoms with Crippen LogP contribution in [0, 0.1) is 0 Å². The molecule has 21 heavy (non-hydrogen) atoms. The lowest BCUT2D eigenvalue weighted by atomic mass is 9.79. The maximum absolute atomic E-state index is 14.5. The van der Waals surface area contributed by atoms with Gasteiger partial charge in [-0.1, -0.05) is 43.5 Å². The molecular weight excluding hydrogens is 269 g/mol. The molecular formula is C17H26FNO2. The Morgan fingerprint density at radius 2 is 1.95 bits per heavy atom. The van der Waals surface area contributed by atoms with Crippen LogP contribution in [-0.2, 0) is 6.42 Å². The lowest BCUT2D eigenvalue weighted by Gasteiger charge is -2.35. The van der Waals surface area contributed by atoms with Crippen LogP contribution in [0.3, 0.4) is 0 Å². The zero-order valence-electron chi connectivity index (χ0n) is 12.5. The summed E-state index contributed by atoms with van der Waals surface area (Å²) in [6, 6.07) is 7.31. The molecule has 1 unspecified atom stereocenters. The SMILES string of the molecule is NCC[C@H](O)c1cccc(CC(F)C2(O)CCCCC2)c1. The van der Waals surface area contributed by atoms with E-state index in [1.54, 1.807) is 0 Å². The van der Waals surface area contributed by atoms with Crippen LogP contribution in [-0.4, -0.2) is 28.5 Å². The number of benzene rings is 1. The van der Waals surface area contributed by atoms with Crippen molar-refractivity contribution in [2.24, 2.45) is 5.73 Å². The molecule has 3 nitrogen and oxygen atoms in total. The molecule has 4 heteroatoms. The molecule has 0 aromatic heterocycles. The van der Waals surface area contributed by atoms with Gasteiger partial charge < -0.3 is 15.9 Å². The molecule has 0 spiro atoms. The number of hydrogen-bond donors (Lipinski definition) is 3. The zero-order chi connectivity index (χ0) is 15.3. The molecule has 1 aromatic carbocycles. The lowest BCUT2D eigenvalue weighted by Crippen LogP contribution is -2.42. The summed E-state index contributed by atoms with van der Waals surface area (Å²) >= 11 is 0. The Morgan fingerprint density at radius 1 is 1.24 bits per heavy atom. The Balaban J connectivity index is 2.03. The molecule has 1 aliphatic carbocycles. The topological polar surface area (TPSA) is 66.5 Å². The minimum Gasteiger partial charge on any atom is -0.388 e. The Labute approximate surface area is 126 Å². The lowest BCUT2D eigenvalue weighted by molar-refractivity contribution is -0.0621. The second-order valence-corrected chi connectivity index (χ2v) is 6.17. The Morgan fingerprint density at radius 3 is 2.62 bits per heavy atom. The van der Waals surface area contributed by atoms with Gasteiger partial charge in [0.05, 0.1) is 11.7 Å². The molecule has 0 amide bonds. The van der Waals surface area contributed by atoms with Gasteiger partial charge >= 0.3 is 0 Å². The molecule has 0 saturated heterocycles. The van der Waals surface area contributed by atoms with E-state index in [0.29, 0.717) is 25.8 Å². The van der Waals surface area contributed by atoms with Crippen molar-refractivity contribution in [1.29, 1.82) is 0 Å². The number of alkyl halides is 1. The Bertz CT molecular complexity index is 446. The summed E-state index contributed by atoms with van der Waals surface area (Å²) in [6.45, 7) is 0.414. The molecule has 0 radical (unpaired) electrons. The largest absolute Gasteiger partial charge is 0.388 e. The van der Waals surface area contributed by atoms with E-state index in [0.717, 1.165) is 30.4 Å². The van der Waals surface area contributed by atoms with Crippen molar-refractivity contribution in [1.82, 2.24) is 0 Å². The van der Waals surface area contributed by atoms with E-state index >= 15 is 0 Å². The number of halogens is 1. The summed E-state index contributed by atoms with van der Waals surface area (Å²) in [5, 5.41) is 20.4. The number of rotatable bonds is 6. The molecule has 1 fully saturated rings. The van der Waals surface area contributed by atoms with Crippen LogP contribution in [0.4, 0.5) is 4.39 Å². The highest BCUT2D eigenvalue weighted by atomic mass is 19.1. The molecule has 2 atom stereocenters. The summed E-state index contributed by atoms with van der Waals surface area (Å²) in [7, 11) is 0. The molecule has 0 heterocycles. The normalized spacial score (nSPS) is 21.0. The number of aliphatic hydroxyl groups excluding tert-OH is 1. The average molecular weight is 295 g/mol. The van der Waals surface area contributed by atoms with E-state index in [-0.39, 0.29) is 6.42 Å². The fourth-order valence-electron chi connectivity index (χ4n) is 3.13. The minimum atomic E-state index is -1.25. The highest BCUT2D eigenvalue weighted by molar-refractivity contribution is 5.26. The number of aliphatic hydroxyl groups is 2. The first-order valence-electron chi connectivity index (χ1n) is 7.88. The maximum atomic E-state index is 14.5. The summed E-state index contributed by atoms with van der Waals surface area (Å²) in [5.74, 6) is 0. The molecule has 1 saturated carbocycles.